The third-order valence-electron chi connectivity index (χ3n) is 13.5. The van der Waals surface area contributed by atoms with Crippen molar-refractivity contribution < 1.29 is 67.8 Å². The lowest BCUT2D eigenvalue weighted by Crippen LogP contribution is -2.82. The summed E-state index contributed by atoms with van der Waals surface area (Å²) >= 11 is 0. The molecule has 16 nitrogen and oxygen atoms in total. The van der Waals surface area contributed by atoms with Crippen LogP contribution in [-0.4, -0.2) is 105 Å². The number of hydrogen-bond acceptors (Lipinski definition) is 15. The Balaban J connectivity index is 0.00000227. The van der Waals surface area contributed by atoms with E-state index >= 15 is 4.79 Å². The highest BCUT2D eigenvalue weighted by molar-refractivity contribution is 5.96. The fraction of sp³-hybridized carbons (Fsp3) is 0.449. The van der Waals surface area contributed by atoms with Crippen LogP contribution in [0.1, 0.15) is 93.6 Å². The van der Waals surface area contributed by atoms with Gasteiger partial charge in [-0.1, -0.05) is 80.6 Å². The summed E-state index contributed by atoms with van der Waals surface area (Å²) in [5, 5.41) is 47.6. The minimum Gasteiger partial charge on any atom is -0.456 e. The number of hydrogen-bond donors (Lipinski definition) is 4. The van der Waals surface area contributed by atoms with Gasteiger partial charge in [-0.25, -0.2) is 9.59 Å². The van der Waals surface area contributed by atoms with E-state index in [2.05, 4.69) is 5.32 Å². The Morgan fingerprint density at radius 2 is 1.42 bits per heavy atom. The first kappa shape index (κ1) is 48.2. The number of carbonyl (C=O) groups is 6. The first-order valence-electron chi connectivity index (χ1n) is 21.2. The van der Waals surface area contributed by atoms with Gasteiger partial charge in [-0.3, -0.25) is 19.2 Å². The topological polar surface area (TPSA) is 245 Å². The highest BCUT2D eigenvalue weighted by atomic mass is 16.6. The predicted molar refractivity (Wildman–Crippen MR) is 229 cm³/mol. The molecular formula is C49H54N2O14. The molecule has 3 aromatic carbocycles. The zero-order valence-electron chi connectivity index (χ0n) is 37.2. The Bertz CT molecular complexity index is 2380. The fourth-order valence-electron chi connectivity index (χ4n) is 10.2. The molecule has 344 valence electrons. The van der Waals surface area contributed by atoms with Gasteiger partial charge in [-0.15, -0.1) is 0 Å². The summed E-state index contributed by atoms with van der Waals surface area (Å²) in [5.74, 6) is -6.84. The fourth-order valence-corrected chi connectivity index (χ4v) is 10.2. The number of esters is 4. The van der Waals surface area contributed by atoms with Crippen LogP contribution in [-0.2, 0) is 42.9 Å². The van der Waals surface area contributed by atoms with Crippen molar-refractivity contribution in [2.45, 2.75) is 115 Å². The van der Waals surface area contributed by atoms with Gasteiger partial charge >= 0.3 is 23.9 Å². The summed E-state index contributed by atoms with van der Waals surface area (Å²) in [7, 11) is 0. The number of aliphatic hydroxyl groups is 3. The smallest absolute Gasteiger partial charge is 0.338 e. The first-order chi connectivity index (χ1) is 30.7. The Morgan fingerprint density at radius 1 is 0.862 bits per heavy atom. The molecule has 4 aliphatic rings. The van der Waals surface area contributed by atoms with Crippen molar-refractivity contribution in [2.75, 3.05) is 6.61 Å². The zero-order chi connectivity index (χ0) is 47.6. The summed E-state index contributed by atoms with van der Waals surface area (Å²) in [5.41, 5.74) is -7.02. The molecule has 3 aromatic rings. The van der Waals surface area contributed by atoms with Crippen LogP contribution in [0.15, 0.2) is 102 Å². The van der Waals surface area contributed by atoms with Gasteiger partial charge in [0.25, 0.3) is 5.91 Å². The Hall–Kier alpha value is -6.25. The van der Waals surface area contributed by atoms with Gasteiger partial charge < -0.3 is 44.3 Å². The molecule has 2 bridgehead atoms. The minimum absolute atomic E-state index is 0.00289. The van der Waals surface area contributed by atoms with Gasteiger partial charge in [0.2, 0.25) is 0 Å². The molecule has 1 heterocycles. The van der Waals surface area contributed by atoms with Gasteiger partial charge in [-0.2, -0.15) is 5.26 Å². The molecule has 1 amide bonds. The number of fused-ring (bicyclic) bond motifs is 5. The second kappa shape index (κ2) is 18.7. The number of nitrogens with zero attached hydrogens (tertiary/aromatic N) is 1. The largest absolute Gasteiger partial charge is 0.456 e. The van der Waals surface area contributed by atoms with E-state index in [1.165, 1.54) is 32.9 Å². The molecular weight excluding hydrogens is 841 g/mol. The SMILES string of the molecule is CC#N.CC(=O)O[C@H]1C(=O)[C@@]2(C)[C@H]([C@H](OC(=O)c3ccccc3)[C@]3(O)C[C@H](OC(=O)[C@H](O)[C@@H](NC(=O)c4ccccc4)c4ccccc4)C(C)=C1C3(C)C)[C@]1(OC(C)=O)CO[C@@H]1C[C@@H]2O. The molecule has 0 spiro atoms. The molecule has 3 aliphatic carbocycles. The number of carbonyl (C=O) groups excluding carboxylic acids is 6. The van der Waals surface area contributed by atoms with Gasteiger partial charge in [0.05, 0.1) is 41.7 Å². The monoisotopic (exact) mass is 894 g/mol. The number of aliphatic hydroxyl groups excluding tert-OH is 2. The lowest BCUT2D eigenvalue weighted by molar-refractivity contribution is -0.346. The van der Waals surface area contributed by atoms with Gasteiger partial charge in [0.15, 0.2) is 23.6 Å². The lowest BCUT2D eigenvalue weighted by atomic mass is 9.44. The van der Waals surface area contributed by atoms with E-state index in [0.717, 1.165) is 13.8 Å². The third-order valence-corrected chi connectivity index (χ3v) is 13.5. The molecule has 11 atom stereocenters. The maximum Gasteiger partial charge on any atom is 0.338 e. The number of benzene rings is 3. The Labute approximate surface area is 376 Å². The van der Waals surface area contributed by atoms with Crippen LogP contribution in [0.2, 0.25) is 0 Å². The van der Waals surface area contributed by atoms with E-state index in [4.69, 9.17) is 28.9 Å². The summed E-state index contributed by atoms with van der Waals surface area (Å²) in [4.78, 5) is 83.5. The summed E-state index contributed by atoms with van der Waals surface area (Å²) in [6, 6.07) is 24.7. The van der Waals surface area contributed by atoms with Gasteiger partial charge in [0, 0.05) is 44.6 Å². The van der Waals surface area contributed by atoms with Crippen molar-refractivity contribution in [1.82, 2.24) is 5.32 Å². The average Bonchev–Trinajstić information content (AvgIpc) is 3.27. The van der Waals surface area contributed by atoms with Crippen molar-refractivity contribution in [1.29, 1.82) is 5.26 Å². The first-order valence-corrected chi connectivity index (χ1v) is 21.2. The van der Waals surface area contributed by atoms with Crippen molar-refractivity contribution in [3.63, 3.8) is 0 Å². The number of Topliss-reactive ketones (excluding diaryl/α,β-unsaturated/α-hetero) is 1. The lowest BCUT2D eigenvalue weighted by Gasteiger charge is -2.67. The molecule has 16 heteroatoms. The second-order valence-corrected chi connectivity index (χ2v) is 17.6. The van der Waals surface area contributed by atoms with E-state index in [0.29, 0.717) is 5.56 Å². The third kappa shape index (κ3) is 8.57. The van der Waals surface area contributed by atoms with E-state index in [1.54, 1.807) is 98.8 Å². The van der Waals surface area contributed by atoms with Crippen molar-refractivity contribution in [2.24, 2.45) is 16.7 Å². The number of nitriles is 1. The number of rotatable bonds is 10. The molecule has 0 aromatic heterocycles. The molecule has 1 aliphatic heterocycles. The molecule has 1 saturated heterocycles. The molecule has 7 rings (SSSR count). The van der Waals surface area contributed by atoms with Crippen LogP contribution in [0.3, 0.4) is 0 Å². The summed E-state index contributed by atoms with van der Waals surface area (Å²) < 4.78 is 30.3. The van der Waals surface area contributed by atoms with Crippen LogP contribution < -0.4 is 5.32 Å². The quantitative estimate of drug-likeness (QED) is 0.126. The predicted octanol–water partition coefficient (Wildman–Crippen LogP) is 4.27. The zero-order valence-corrected chi connectivity index (χ0v) is 37.2. The summed E-state index contributed by atoms with van der Waals surface area (Å²) in [6.45, 7) is 9.40. The number of ketones is 1. The Morgan fingerprint density at radius 3 is 1.94 bits per heavy atom. The maximum atomic E-state index is 15.5. The molecule has 2 saturated carbocycles. The minimum atomic E-state index is -2.39. The standard InChI is InChI=1S/C47H51NO14.C2H3N/c1-25-31(60-43(56)36(52)35(28-16-10-7-11-17-28)48-41(54)29-18-12-8-13-19-29)23-47(57)40(61-42(55)30-20-14-9-15-21-30)38-45(6,32(51)22-33-46(38,24-58-33)62-27(3)50)39(53)37(59-26(2)49)34(25)44(47,4)5;1-2-3/h7-21,31-33,35-38,40,51-52,57H,22-24H2,1-6H3,(H,48,54);1H3/t31-,32-,33+,35-,36+,37+,38-,40-,45+,46-,47+;/m0./s1. The van der Waals surface area contributed by atoms with Crippen molar-refractivity contribution >= 4 is 35.6 Å². The molecule has 3 fully saturated rings. The highest BCUT2D eigenvalue weighted by Crippen LogP contribution is 2.64. The maximum absolute atomic E-state index is 15.5. The van der Waals surface area contributed by atoms with Crippen LogP contribution in [0.4, 0.5) is 0 Å². The second-order valence-electron chi connectivity index (χ2n) is 17.6. The van der Waals surface area contributed by atoms with Crippen LogP contribution >= 0.6 is 0 Å². The van der Waals surface area contributed by atoms with E-state index < -0.39 is 113 Å². The van der Waals surface area contributed by atoms with Gasteiger partial charge in [0.1, 0.15) is 23.9 Å². The van der Waals surface area contributed by atoms with Crippen molar-refractivity contribution in [3.8, 4) is 6.07 Å². The van der Waals surface area contributed by atoms with E-state index in [9.17, 15) is 39.3 Å². The molecule has 4 N–H and O–H groups in total. The molecule has 65 heavy (non-hydrogen) atoms. The normalized spacial score (nSPS) is 30.5. The van der Waals surface area contributed by atoms with Crippen LogP contribution in [0.5, 0.6) is 0 Å². The highest BCUT2D eigenvalue weighted by Gasteiger charge is 2.78. The number of ether oxygens (including phenoxy) is 5. The van der Waals surface area contributed by atoms with Crippen LogP contribution in [0.25, 0.3) is 0 Å². The van der Waals surface area contributed by atoms with E-state index in [-0.39, 0.29) is 35.3 Å². The average molecular weight is 895 g/mol. The van der Waals surface area contributed by atoms with Crippen LogP contribution in [0, 0.1) is 28.1 Å². The number of nitrogens with one attached hydrogen (secondary N) is 1. The van der Waals surface area contributed by atoms with Gasteiger partial charge in [-0.05, 0) is 54.8 Å². The molecule has 0 unspecified atom stereocenters. The van der Waals surface area contributed by atoms with E-state index in [1.807, 2.05) is 0 Å². The molecule has 0 radical (unpaired) electrons. The van der Waals surface area contributed by atoms with Crippen molar-refractivity contribution in [3.05, 3.63) is 119 Å². The Kier molecular flexibility index (Phi) is 13.9. The summed E-state index contributed by atoms with van der Waals surface area (Å²) in [6.07, 6.45) is -10.5. The number of amides is 1.